The molecule has 1 saturated carbocycles. The predicted octanol–water partition coefficient (Wildman–Crippen LogP) is 0.402. The van der Waals surface area contributed by atoms with Crippen LogP contribution in [0.3, 0.4) is 0 Å². The van der Waals surface area contributed by atoms with Crippen LogP contribution in [0.2, 0.25) is 0 Å². The summed E-state index contributed by atoms with van der Waals surface area (Å²) in [5.41, 5.74) is 0. The van der Waals surface area contributed by atoms with Crippen molar-refractivity contribution in [1.29, 1.82) is 0 Å². The molecule has 4 fully saturated rings. The number of hydrogen-bond acceptors (Lipinski definition) is 5. The number of imide groups is 1. The standard InChI is InChI=1S/C20H29N3O5/c24-17(7-8-23-18(25)14-4-1-2-5-15(14)19(23)26)21-9-11-22(12-10-21)20(27)16-6-3-13-28-16/h14-16H,1-13H2. The van der Waals surface area contributed by atoms with Crippen molar-refractivity contribution >= 4 is 23.6 Å². The average molecular weight is 391 g/mol. The van der Waals surface area contributed by atoms with E-state index in [1.165, 1.54) is 4.90 Å². The summed E-state index contributed by atoms with van der Waals surface area (Å²) in [6.45, 7) is 2.82. The fourth-order valence-electron chi connectivity index (χ4n) is 4.97. The summed E-state index contributed by atoms with van der Waals surface area (Å²) in [4.78, 5) is 54.8. The van der Waals surface area contributed by atoms with Crippen molar-refractivity contribution < 1.29 is 23.9 Å². The predicted molar refractivity (Wildman–Crippen MR) is 98.9 cm³/mol. The molecular weight excluding hydrogens is 362 g/mol. The summed E-state index contributed by atoms with van der Waals surface area (Å²) >= 11 is 0. The Bertz CT molecular complexity index is 628. The van der Waals surface area contributed by atoms with E-state index in [1.807, 2.05) is 0 Å². The summed E-state index contributed by atoms with van der Waals surface area (Å²) in [6.07, 6.45) is 5.13. The van der Waals surface area contributed by atoms with E-state index in [0.29, 0.717) is 32.8 Å². The summed E-state index contributed by atoms with van der Waals surface area (Å²) in [5.74, 6) is -0.531. The highest BCUT2D eigenvalue weighted by atomic mass is 16.5. The lowest BCUT2D eigenvalue weighted by molar-refractivity contribution is -0.147. The number of carbonyl (C=O) groups is 4. The van der Waals surface area contributed by atoms with Crippen LogP contribution in [0.1, 0.15) is 44.9 Å². The van der Waals surface area contributed by atoms with Crippen molar-refractivity contribution in [3.05, 3.63) is 0 Å². The van der Waals surface area contributed by atoms with E-state index in [2.05, 4.69) is 0 Å². The SMILES string of the molecule is O=C(CCN1C(=O)C2CCCCC2C1=O)N1CCN(C(=O)C2CCCO2)CC1. The molecule has 0 spiro atoms. The molecule has 4 amide bonds. The van der Waals surface area contributed by atoms with Gasteiger partial charge in [-0.15, -0.1) is 0 Å². The first-order chi connectivity index (χ1) is 13.6. The van der Waals surface area contributed by atoms with E-state index in [1.54, 1.807) is 9.80 Å². The minimum Gasteiger partial charge on any atom is -0.368 e. The van der Waals surface area contributed by atoms with Crippen molar-refractivity contribution in [1.82, 2.24) is 14.7 Å². The molecule has 28 heavy (non-hydrogen) atoms. The quantitative estimate of drug-likeness (QED) is 0.648. The zero-order valence-corrected chi connectivity index (χ0v) is 16.3. The molecular formula is C20H29N3O5. The Morgan fingerprint density at radius 2 is 1.46 bits per heavy atom. The van der Waals surface area contributed by atoms with Crippen LogP contribution in [0.5, 0.6) is 0 Å². The lowest BCUT2D eigenvalue weighted by Gasteiger charge is -2.36. The normalized spacial score (nSPS) is 30.7. The Morgan fingerprint density at radius 3 is 2.04 bits per heavy atom. The van der Waals surface area contributed by atoms with Crippen LogP contribution in [0.4, 0.5) is 0 Å². The molecule has 0 radical (unpaired) electrons. The lowest BCUT2D eigenvalue weighted by atomic mass is 9.81. The number of nitrogens with zero attached hydrogens (tertiary/aromatic N) is 3. The van der Waals surface area contributed by atoms with Crippen LogP contribution in [-0.2, 0) is 23.9 Å². The molecule has 0 bridgehead atoms. The first-order valence-electron chi connectivity index (χ1n) is 10.6. The van der Waals surface area contributed by atoms with Gasteiger partial charge in [-0.3, -0.25) is 24.1 Å². The third-order valence-electron chi connectivity index (χ3n) is 6.63. The van der Waals surface area contributed by atoms with Gasteiger partial charge in [-0.05, 0) is 25.7 Å². The number of amides is 4. The van der Waals surface area contributed by atoms with Crippen LogP contribution in [0.25, 0.3) is 0 Å². The van der Waals surface area contributed by atoms with Crippen molar-refractivity contribution in [3.8, 4) is 0 Å². The van der Waals surface area contributed by atoms with E-state index in [9.17, 15) is 19.2 Å². The molecule has 3 atom stereocenters. The third-order valence-corrected chi connectivity index (χ3v) is 6.63. The Morgan fingerprint density at radius 1 is 0.857 bits per heavy atom. The Labute approximate surface area is 165 Å². The van der Waals surface area contributed by atoms with Crippen LogP contribution in [0, 0.1) is 11.8 Å². The van der Waals surface area contributed by atoms with Gasteiger partial charge >= 0.3 is 0 Å². The van der Waals surface area contributed by atoms with Gasteiger partial charge in [0.1, 0.15) is 6.10 Å². The van der Waals surface area contributed by atoms with Crippen LogP contribution in [-0.4, -0.2) is 83.8 Å². The zero-order chi connectivity index (χ0) is 19.7. The molecule has 0 aromatic rings. The maximum absolute atomic E-state index is 12.6. The summed E-state index contributed by atoms with van der Waals surface area (Å²) in [7, 11) is 0. The number of ether oxygens (including phenoxy) is 1. The largest absolute Gasteiger partial charge is 0.368 e. The fraction of sp³-hybridized carbons (Fsp3) is 0.800. The first-order valence-corrected chi connectivity index (χ1v) is 10.6. The molecule has 0 N–H and O–H groups in total. The van der Waals surface area contributed by atoms with Crippen molar-refractivity contribution in [3.63, 3.8) is 0 Å². The Hall–Kier alpha value is -1.96. The lowest BCUT2D eigenvalue weighted by Crippen LogP contribution is -2.53. The van der Waals surface area contributed by atoms with Gasteiger partial charge in [-0.1, -0.05) is 12.8 Å². The van der Waals surface area contributed by atoms with E-state index in [4.69, 9.17) is 4.74 Å². The molecule has 3 saturated heterocycles. The van der Waals surface area contributed by atoms with Crippen molar-refractivity contribution in [2.24, 2.45) is 11.8 Å². The number of hydrogen-bond donors (Lipinski definition) is 0. The number of piperazine rings is 1. The molecule has 0 aromatic heterocycles. The van der Waals surface area contributed by atoms with Gasteiger partial charge in [0.15, 0.2) is 0 Å². The smallest absolute Gasteiger partial charge is 0.251 e. The molecule has 8 nitrogen and oxygen atoms in total. The number of rotatable bonds is 4. The van der Waals surface area contributed by atoms with Crippen molar-refractivity contribution in [2.45, 2.75) is 51.0 Å². The molecule has 1 aliphatic carbocycles. The highest BCUT2D eigenvalue weighted by Gasteiger charge is 2.48. The van der Waals surface area contributed by atoms with Gasteiger partial charge in [0.2, 0.25) is 17.7 Å². The van der Waals surface area contributed by atoms with Gasteiger partial charge in [-0.2, -0.15) is 0 Å². The average Bonchev–Trinajstić information content (AvgIpc) is 3.35. The number of carbonyl (C=O) groups excluding carboxylic acids is 4. The van der Waals surface area contributed by atoms with Gasteiger partial charge in [0.25, 0.3) is 5.91 Å². The fourth-order valence-corrected chi connectivity index (χ4v) is 4.97. The van der Waals surface area contributed by atoms with Gasteiger partial charge < -0.3 is 14.5 Å². The minimum atomic E-state index is -0.321. The highest BCUT2D eigenvalue weighted by molar-refractivity contribution is 6.05. The summed E-state index contributed by atoms with van der Waals surface area (Å²) in [6, 6.07) is 0. The first kappa shape index (κ1) is 19.4. The summed E-state index contributed by atoms with van der Waals surface area (Å²) < 4.78 is 5.46. The van der Waals surface area contributed by atoms with Crippen LogP contribution in [0.15, 0.2) is 0 Å². The maximum Gasteiger partial charge on any atom is 0.251 e. The molecule has 3 heterocycles. The number of likely N-dealkylation sites (tertiary alicyclic amines) is 1. The van der Waals surface area contributed by atoms with Crippen LogP contribution >= 0.6 is 0 Å². The maximum atomic E-state index is 12.6. The molecule has 3 aliphatic heterocycles. The molecule has 8 heteroatoms. The summed E-state index contributed by atoms with van der Waals surface area (Å²) in [5, 5.41) is 0. The van der Waals surface area contributed by atoms with E-state index in [0.717, 1.165) is 38.5 Å². The third kappa shape index (κ3) is 3.66. The monoisotopic (exact) mass is 391 g/mol. The Kier molecular flexibility index (Phi) is 5.66. The molecule has 4 rings (SSSR count). The van der Waals surface area contributed by atoms with E-state index >= 15 is 0 Å². The van der Waals surface area contributed by atoms with Gasteiger partial charge in [-0.25, -0.2) is 0 Å². The highest BCUT2D eigenvalue weighted by Crippen LogP contribution is 2.38. The molecule has 4 aliphatic rings. The molecule has 154 valence electrons. The van der Waals surface area contributed by atoms with E-state index < -0.39 is 0 Å². The Balaban J connectivity index is 1.24. The topological polar surface area (TPSA) is 87.2 Å². The molecule has 0 aromatic carbocycles. The second kappa shape index (κ2) is 8.19. The van der Waals surface area contributed by atoms with Gasteiger partial charge in [0.05, 0.1) is 11.8 Å². The number of fused-ring (bicyclic) bond motifs is 1. The van der Waals surface area contributed by atoms with Crippen molar-refractivity contribution in [2.75, 3.05) is 39.3 Å². The second-order valence-corrected chi connectivity index (χ2v) is 8.28. The van der Waals surface area contributed by atoms with Gasteiger partial charge in [0, 0.05) is 45.8 Å². The zero-order valence-electron chi connectivity index (χ0n) is 16.3. The minimum absolute atomic E-state index is 0.0282. The second-order valence-electron chi connectivity index (χ2n) is 8.28. The van der Waals surface area contributed by atoms with Crippen LogP contribution < -0.4 is 0 Å². The molecule has 3 unspecified atom stereocenters. The van der Waals surface area contributed by atoms with E-state index in [-0.39, 0.29) is 54.5 Å².